The Morgan fingerprint density at radius 1 is 1.33 bits per heavy atom. The van der Waals surface area contributed by atoms with Crippen LogP contribution in [0.3, 0.4) is 0 Å². The van der Waals surface area contributed by atoms with Crippen molar-refractivity contribution in [3.8, 4) is 0 Å². The summed E-state index contributed by atoms with van der Waals surface area (Å²) in [7, 11) is 0. The molecule has 4 heteroatoms. The second-order valence-corrected chi connectivity index (χ2v) is 7.20. The third-order valence-corrected chi connectivity index (χ3v) is 5.40. The zero-order valence-electron chi connectivity index (χ0n) is 15.1. The van der Waals surface area contributed by atoms with Gasteiger partial charge in [-0.2, -0.15) is 0 Å². The number of hydrogen-bond donors (Lipinski definition) is 2. The van der Waals surface area contributed by atoms with E-state index in [2.05, 4.69) is 43.5 Å². The smallest absolute Gasteiger partial charge is 0.332 e. The van der Waals surface area contributed by atoms with Crippen molar-refractivity contribution >= 4 is 5.97 Å². The summed E-state index contributed by atoms with van der Waals surface area (Å²) in [5.41, 5.74) is 0. The van der Waals surface area contributed by atoms with Crippen molar-refractivity contribution in [1.29, 1.82) is 0 Å². The number of rotatable bonds is 7. The molecular formula is C20H33NO3. The van der Waals surface area contributed by atoms with Crippen LogP contribution in [0.1, 0.15) is 58.8 Å². The Kier molecular flexibility index (Phi) is 8.00. The maximum absolute atomic E-state index is 11.4. The molecule has 2 fully saturated rings. The number of esters is 1. The molecule has 1 saturated carbocycles. The average molecular weight is 335 g/mol. The monoisotopic (exact) mass is 335 g/mol. The molecule has 0 amide bonds. The molecule has 2 N–H and O–H groups in total. The minimum atomic E-state index is -0.538. The minimum absolute atomic E-state index is 0.139. The molecule has 1 aliphatic heterocycles. The summed E-state index contributed by atoms with van der Waals surface area (Å²) in [5.74, 6) is 0.524. The predicted octanol–water partition coefficient (Wildman–Crippen LogP) is 3.36. The zero-order valence-corrected chi connectivity index (χ0v) is 15.1. The van der Waals surface area contributed by atoms with Gasteiger partial charge in [0, 0.05) is 12.1 Å². The molecule has 0 radical (unpaired) electrons. The van der Waals surface area contributed by atoms with Crippen molar-refractivity contribution in [2.45, 2.75) is 77.0 Å². The Hall–Kier alpha value is -1.13. The average Bonchev–Trinajstić information content (AvgIpc) is 2.58. The summed E-state index contributed by atoms with van der Waals surface area (Å²) < 4.78 is 5.43. The van der Waals surface area contributed by atoms with E-state index in [-0.39, 0.29) is 12.1 Å². The lowest BCUT2D eigenvalue weighted by Crippen LogP contribution is -2.57. The zero-order chi connectivity index (χ0) is 17.4. The molecule has 1 unspecified atom stereocenters. The number of aliphatic hydroxyl groups is 1. The van der Waals surface area contributed by atoms with Crippen molar-refractivity contribution in [3.05, 3.63) is 24.3 Å². The van der Waals surface area contributed by atoms with E-state index in [0.29, 0.717) is 17.9 Å². The van der Waals surface area contributed by atoms with Crippen LogP contribution in [0.15, 0.2) is 24.3 Å². The minimum Gasteiger partial charge on any atom is -0.459 e. The highest BCUT2D eigenvalue weighted by Crippen LogP contribution is 2.38. The molecule has 0 bridgehead atoms. The highest BCUT2D eigenvalue weighted by atomic mass is 16.6. The molecule has 1 heterocycles. The van der Waals surface area contributed by atoms with Gasteiger partial charge in [0.2, 0.25) is 0 Å². The number of ether oxygens (including phenoxy) is 1. The largest absolute Gasteiger partial charge is 0.459 e. The van der Waals surface area contributed by atoms with Gasteiger partial charge in [-0.05, 0) is 44.4 Å². The SMILES string of the molecule is CCCC/C=C/C=C/C1CCC[C@H]2N[C@@H](C)[C@@H](OC(=O)CO)C[C@@H]12. The Morgan fingerprint density at radius 2 is 2.17 bits per heavy atom. The van der Waals surface area contributed by atoms with Gasteiger partial charge in [-0.25, -0.2) is 4.79 Å². The molecule has 0 aromatic heterocycles. The van der Waals surface area contributed by atoms with Gasteiger partial charge >= 0.3 is 5.97 Å². The number of fused-ring (bicyclic) bond motifs is 1. The molecule has 2 rings (SSSR count). The molecule has 2 aliphatic rings. The third-order valence-electron chi connectivity index (χ3n) is 5.40. The third kappa shape index (κ3) is 5.45. The summed E-state index contributed by atoms with van der Waals surface area (Å²) in [4.78, 5) is 11.4. The van der Waals surface area contributed by atoms with E-state index in [4.69, 9.17) is 9.84 Å². The first-order valence-corrected chi connectivity index (χ1v) is 9.55. The van der Waals surface area contributed by atoms with Crippen molar-refractivity contribution in [2.75, 3.05) is 6.61 Å². The van der Waals surface area contributed by atoms with Crippen molar-refractivity contribution in [3.63, 3.8) is 0 Å². The number of nitrogens with one attached hydrogen (secondary N) is 1. The maximum atomic E-state index is 11.4. The van der Waals surface area contributed by atoms with Crippen LogP contribution in [0.4, 0.5) is 0 Å². The van der Waals surface area contributed by atoms with E-state index in [0.717, 1.165) is 12.8 Å². The van der Waals surface area contributed by atoms with E-state index in [1.165, 1.54) is 32.1 Å². The van der Waals surface area contributed by atoms with E-state index < -0.39 is 12.6 Å². The van der Waals surface area contributed by atoms with Gasteiger partial charge in [-0.15, -0.1) is 0 Å². The van der Waals surface area contributed by atoms with Gasteiger partial charge < -0.3 is 15.2 Å². The van der Waals surface area contributed by atoms with Crippen LogP contribution in [-0.4, -0.2) is 35.9 Å². The van der Waals surface area contributed by atoms with Crippen LogP contribution < -0.4 is 5.32 Å². The normalized spacial score (nSPS) is 33.7. The lowest BCUT2D eigenvalue weighted by molar-refractivity contribution is -0.157. The Morgan fingerprint density at radius 3 is 2.92 bits per heavy atom. The van der Waals surface area contributed by atoms with Gasteiger partial charge in [-0.1, -0.05) is 50.5 Å². The number of unbranched alkanes of at least 4 members (excludes halogenated alkanes) is 2. The fourth-order valence-electron chi connectivity index (χ4n) is 4.06. The van der Waals surface area contributed by atoms with Crippen LogP contribution >= 0.6 is 0 Å². The maximum Gasteiger partial charge on any atom is 0.332 e. The van der Waals surface area contributed by atoms with E-state index in [9.17, 15) is 4.79 Å². The summed E-state index contributed by atoms with van der Waals surface area (Å²) in [6.07, 6.45) is 17.0. The highest BCUT2D eigenvalue weighted by molar-refractivity contribution is 5.70. The summed E-state index contributed by atoms with van der Waals surface area (Å²) >= 11 is 0. The lowest BCUT2D eigenvalue weighted by atomic mass is 9.70. The lowest BCUT2D eigenvalue weighted by Gasteiger charge is -2.46. The highest BCUT2D eigenvalue weighted by Gasteiger charge is 2.41. The van der Waals surface area contributed by atoms with Crippen LogP contribution in [0, 0.1) is 11.8 Å². The first-order valence-electron chi connectivity index (χ1n) is 9.55. The number of aliphatic hydroxyl groups excluding tert-OH is 1. The van der Waals surface area contributed by atoms with Crippen LogP contribution in [-0.2, 0) is 9.53 Å². The Balaban J connectivity index is 1.94. The molecule has 1 saturated heterocycles. The second-order valence-electron chi connectivity index (χ2n) is 7.20. The number of carbonyl (C=O) groups is 1. The summed E-state index contributed by atoms with van der Waals surface area (Å²) in [6, 6.07) is 0.662. The van der Waals surface area contributed by atoms with E-state index in [1.54, 1.807) is 0 Å². The van der Waals surface area contributed by atoms with Crippen LogP contribution in [0.5, 0.6) is 0 Å². The Bertz CT molecular complexity index is 446. The molecule has 0 aromatic carbocycles. The number of piperidine rings is 1. The Labute approximate surface area is 146 Å². The molecule has 0 spiro atoms. The van der Waals surface area contributed by atoms with Gasteiger partial charge in [0.15, 0.2) is 0 Å². The van der Waals surface area contributed by atoms with E-state index in [1.807, 2.05) is 0 Å². The van der Waals surface area contributed by atoms with E-state index >= 15 is 0 Å². The van der Waals surface area contributed by atoms with Gasteiger partial charge in [-0.3, -0.25) is 0 Å². The molecular weight excluding hydrogens is 302 g/mol. The van der Waals surface area contributed by atoms with Gasteiger partial charge in [0.1, 0.15) is 12.7 Å². The molecule has 0 aromatic rings. The fourth-order valence-corrected chi connectivity index (χ4v) is 4.06. The number of carbonyl (C=O) groups excluding carboxylic acids is 1. The first-order chi connectivity index (χ1) is 11.7. The number of allylic oxidation sites excluding steroid dienone is 4. The molecule has 136 valence electrons. The molecule has 5 atom stereocenters. The molecule has 24 heavy (non-hydrogen) atoms. The summed E-state index contributed by atoms with van der Waals surface area (Å²) in [5, 5.41) is 12.6. The van der Waals surface area contributed by atoms with Crippen molar-refractivity contribution in [2.24, 2.45) is 11.8 Å². The van der Waals surface area contributed by atoms with Crippen LogP contribution in [0.25, 0.3) is 0 Å². The standard InChI is InChI=1S/C20H33NO3/c1-3-4-5-6-7-8-10-16-11-9-12-18-17(16)13-19(15(2)21-18)24-20(23)14-22/h6-8,10,15-19,21-22H,3-5,9,11-14H2,1-2H3/b7-6+,10-8+/t15-,16?,17-,18+,19-/m0/s1. The first kappa shape index (κ1) is 19.2. The topological polar surface area (TPSA) is 58.6 Å². The van der Waals surface area contributed by atoms with Crippen molar-refractivity contribution in [1.82, 2.24) is 5.32 Å². The predicted molar refractivity (Wildman–Crippen MR) is 96.6 cm³/mol. The quantitative estimate of drug-likeness (QED) is 0.425. The van der Waals surface area contributed by atoms with Gasteiger partial charge in [0.25, 0.3) is 0 Å². The fraction of sp³-hybridized carbons (Fsp3) is 0.750. The van der Waals surface area contributed by atoms with Crippen molar-refractivity contribution < 1.29 is 14.6 Å². The number of hydrogen-bond acceptors (Lipinski definition) is 4. The second kappa shape index (κ2) is 10.00. The van der Waals surface area contributed by atoms with Gasteiger partial charge in [0.05, 0.1) is 0 Å². The molecule has 4 nitrogen and oxygen atoms in total. The molecule has 1 aliphatic carbocycles. The summed E-state index contributed by atoms with van der Waals surface area (Å²) in [6.45, 7) is 3.74. The van der Waals surface area contributed by atoms with Crippen LogP contribution in [0.2, 0.25) is 0 Å².